The zero-order valence-corrected chi connectivity index (χ0v) is 15.8. The molecule has 1 N–H and O–H groups in total. The third-order valence-corrected chi connectivity index (χ3v) is 5.68. The van der Waals surface area contributed by atoms with E-state index in [0.717, 1.165) is 12.8 Å². The molecule has 0 aliphatic heterocycles. The lowest BCUT2D eigenvalue weighted by molar-refractivity contribution is 0.0909. The lowest BCUT2D eigenvalue weighted by Gasteiger charge is -2.25. The van der Waals surface area contributed by atoms with Crippen molar-refractivity contribution >= 4 is 15.7 Å². The number of benzene rings is 2. The fourth-order valence-corrected chi connectivity index (χ4v) is 4.16. The van der Waals surface area contributed by atoms with Crippen molar-refractivity contribution in [3.05, 3.63) is 65.7 Å². The standard InChI is InChI=1S/C20H25NO3S/c1-4-13-20(2,3)21-19(22)17-10-8-9-16(14-17)15-25(23,24)18-11-6-5-7-12-18/h5-12,14H,4,13,15H2,1-3H3,(H,21,22). The van der Waals surface area contributed by atoms with Gasteiger partial charge in [-0.05, 0) is 50.1 Å². The molecule has 2 aromatic rings. The van der Waals surface area contributed by atoms with Crippen LogP contribution >= 0.6 is 0 Å². The average Bonchev–Trinajstić information content (AvgIpc) is 2.55. The molecule has 0 aliphatic carbocycles. The van der Waals surface area contributed by atoms with Crippen molar-refractivity contribution in [3.8, 4) is 0 Å². The van der Waals surface area contributed by atoms with E-state index in [-0.39, 0.29) is 22.1 Å². The van der Waals surface area contributed by atoms with Crippen molar-refractivity contribution in [2.24, 2.45) is 0 Å². The Morgan fingerprint density at radius 1 is 1.04 bits per heavy atom. The van der Waals surface area contributed by atoms with Gasteiger partial charge in [0.25, 0.3) is 5.91 Å². The van der Waals surface area contributed by atoms with Gasteiger partial charge in [-0.15, -0.1) is 0 Å². The average molecular weight is 359 g/mol. The van der Waals surface area contributed by atoms with Crippen LogP contribution < -0.4 is 5.32 Å². The van der Waals surface area contributed by atoms with Crippen LogP contribution in [0.2, 0.25) is 0 Å². The third-order valence-electron chi connectivity index (χ3n) is 3.98. The summed E-state index contributed by atoms with van der Waals surface area (Å²) in [7, 11) is -3.43. The lowest BCUT2D eigenvalue weighted by atomic mass is 9.98. The highest BCUT2D eigenvalue weighted by molar-refractivity contribution is 7.90. The van der Waals surface area contributed by atoms with Crippen LogP contribution in [0.1, 0.15) is 49.5 Å². The van der Waals surface area contributed by atoms with E-state index in [1.807, 2.05) is 13.8 Å². The van der Waals surface area contributed by atoms with Gasteiger partial charge < -0.3 is 5.32 Å². The van der Waals surface area contributed by atoms with Crippen LogP contribution in [0.5, 0.6) is 0 Å². The zero-order chi connectivity index (χ0) is 18.5. The molecule has 0 radical (unpaired) electrons. The van der Waals surface area contributed by atoms with Gasteiger partial charge in [-0.3, -0.25) is 4.79 Å². The van der Waals surface area contributed by atoms with Crippen molar-refractivity contribution in [1.82, 2.24) is 5.32 Å². The number of rotatable bonds is 7. The van der Waals surface area contributed by atoms with Crippen molar-refractivity contribution in [2.45, 2.75) is 49.8 Å². The molecule has 134 valence electrons. The molecule has 0 aliphatic rings. The van der Waals surface area contributed by atoms with E-state index in [9.17, 15) is 13.2 Å². The summed E-state index contributed by atoms with van der Waals surface area (Å²) in [6, 6.07) is 15.2. The number of hydrogen-bond donors (Lipinski definition) is 1. The molecule has 0 atom stereocenters. The molecular weight excluding hydrogens is 334 g/mol. The second-order valence-corrected chi connectivity index (χ2v) is 8.85. The van der Waals surface area contributed by atoms with Crippen molar-refractivity contribution in [1.29, 1.82) is 0 Å². The van der Waals surface area contributed by atoms with Crippen LogP contribution in [0.15, 0.2) is 59.5 Å². The molecule has 0 bridgehead atoms. The number of hydrogen-bond acceptors (Lipinski definition) is 3. The molecule has 0 saturated carbocycles. The number of sulfone groups is 1. The maximum atomic E-state index is 12.5. The number of carbonyl (C=O) groups is 1. The number of carbonyl (C=O) groups excluding carboxylic acids is 1. The molecule has 0 fully saturated rings. The minimum Gasteiger partial charge on any atom is -0.347 e. The fraction of sp³-hybridized carbons (Fsp3) is 0.350. The van der Waals surface area contributed by atoms with Gasteiger partial charge in [0.1, 0.15) is 0 Å². The Balaban J connectivity index is 2.18. The smallest absolute Gasteiger partial charge is 0.251 e. The maximum absolute atomic E-state index is 12.5. The van der Waals surface area contributed by atoms with Gasteiger partial charge >= 0.3 is 0 Å². The van der Waals surface area contributed by atoms with Crippen LogP contribution in [0.4, 0.5) is 0 Å². The van der Waals surface area contributed by atoms with Gasteiger partial charge in [-0.1, -0.05) is 43.7 Å². The first-order valence-electron chi connectivity index (χ1n) is 8.43. The topological polar surface area (TPSA) is 63.2 Å². The molecule has 0 spiro atoms. The molecule has 0 heterocycles. The van der Waals surface area contributed by atoms with E-state index in [0.29, 0.717) is 11.1 Å². The SMILES string of the molecule is CCCC(C)(C)NC(=O)c1cccc(CS(=O)(=O)c2ccccc2)c1. The maximum Gasteiger partial charge on any atom is 0.251 e. The van der Waals surface area contributed by atoms with E-state index in [1.165, 1.54) is 0 Å². The van der Waals surface area contributed by atoms with Crippen LogP contribution in [-0.2, 0) is 15.6 Å². The minimum absolute atomic E-state index is 0.128. The van der Waals surface area contributed by atoms with Crippen LogP contribution in [0.3, 0.4) is 0 Å². The molecule has 5 heteroatoms. The fourth-order valence-electron chi connectivity index (χ4n) is 2.80. The van der Waals surface area contributed by atoms with Crippen molar-refractivity contribution in [2.75, 3.05) is 0 Å². The number of amides is 1. The largest absolute Gasteiger partial charge is 0.347 e. The molecule has 25 heavy (non-hydrogen) atoms. The molecule has 2 aromatic carbocycles. The molecule has 1 amide bonds. The Bertz CT molecular complexity index is 827. The van der Waals surface area contributed by atoms with E-state index in [2.05, 4.69) is 12.2 Å². The highest BCUT2D eigenvalue weighted by atomic mass is 32.2. The predicted molar refractivity (Wildman–Crippen MR) is 100 cm³/mol. The summed E-state index contributed by atoms with van der Waals surface area (Å²) < 4.78 is 25.0. The van der Waals surface area contributed by atoms with E-state index < -0.39 is 9.84 Å². The van der Waals surface area contributed by atoms with Gasteiger partial charge in [-0.2, -0.15) is 0 Å². The summed E-state index contributed by atoms with van der Waals surface area (Å²) in [5, 5.41) is 3.01. The summed E-state index contributed by atoms with van der Waals surface area (Å²) in [5.74, 6) is -0.311. The first-order chi connectivity index (χ1) is 11.7. The molecule has 4 nitrogen and oxygen atoms in total. The third kappa shape index (κ3) is 5.43. The first kappa shape index (κ1) is 19.2. The predicted octanol–water partition coefficient (Wildman–Crippen LogP) is 3.97. The van der Waals surface area contributed by atoms with Gasteiger partial charge in [-0.25, -0.2) is 8.42 Å². The van der Waals surface area contributed by atoms with Gasteiger partial charge in [0.15, 0.2) is 9.84 Å². The van der Waals surface area contributed by atoms with Crippen molar-refractivity contribution in [3.63, 3.8) is 0 Å². The van der Waals surface area contributed by atoms with E-state index in [1.54, 1.807) is 54.6 Å². The monoisotopic (exact) mass is 359 g/mol. The second kappa shape index (κ2) is 7.83. The van der Waals surface area contributed by atoms with Crippen LogP contribution in [0.25, 0.3) is 0 Å². The Labute approximate surface area is 150 Å². The highest BCUT2D eigenvalue weighted by Crippen LogP contribution is 2.18. The highest BCUT2D eigenvalue weighted by Gasteiger charge is 2.21. The summed E-state index contributed by atoms with van der Waals surface area (Å²) in [4.78, 5) is 12.7. The Hall–Kier alpha value is -2.14. The van der Waals surface area contributed by atoms with Gasteiger partial charge in [0.05, 0.1) is 10.6 Å². The molecule has 0 unspecified atom stereocenters. The number of nitrogens with one attached hydrogen (secondary N) is 1. The Morgan fingerprint density at radius 2 is 1.72 bits per heavy atom. The zero-order valence-electron chi connectivity index (χ0n) is 15.0. The summed E-state index contributed by atoms with van der Waals surface area (Å²) in [5.41, 5.74) is 0.785. The Kier molecular flexibility index (Phi) is 6.01. The molecular formula is C20H25NO3S. The van der Waals surface area contributed by atoms with Gasteiger partial charge in [0.2, 0.25) is 0 Å². The van der Waals surface area contributed by atoms with Crippen LogP contribution in [-0.4, -0.2) is 19.9 Å². The molecule has 2 rings (SSSR count). The normalized spacial score (nSPS) is 12.0. The van der Waals surface area contributed by atoms with Crippen molar-refractivity contribution < 1.29 is 13.2 Å². The lowest BCUT2D eigenvalue weighted by Crippen LogP contribution is -2.43. The molecule has 0 aromatic heterocycles. The summed E-state index contributed by atoms with van der Waals surface area (Å²) in [6.45, 7) is 6.04. The first-order valence-corrected chi connectivity index (χ1v) is 10.1. The minimum atomic E-state index is -3.43. The second-order valence-electron chi connectivity index (χ2n) is 6.86. The molecule has 0 saturated heterocycles. The summed E-state index contributed by atoms with van der Waals surface area (Å²) >= 11 is 0. The quantitative estimate of drug-likeness (QED) is 0.813. The summed E-state index contributed by atoms with van der Waals surface area (Å²) in [6.07, 6.45) is 1.85. The van der Waals surface area contributed by atoms with E-state index >= 15 is 0 Å². The van der Waals surface area contributed by atoms with Gasteiger partial charge in [0, 0.05) is 11.1 Å². The van der Waals surface area contributed by atoms with Crippen LogP contribution in [0, 0.1) is 0 Å². The van der Waals surface area contributed by atoms with E-state index in [4.69, 9.17) is 0 Å². The Morgan fingerprint density at radius 3 is 2.36 bits per heavy atom.